The van der Waals surface area contributed by atoms with Crippen LogP contribution in [-0.2, 0) is 9.53 Å². The van der Waals surface area contributed by atoms with Crippen LogP contribution in [0.2, 0.25) is 0 Å². The highest BCUT2D eigenvalue weighted by Crippen LogP contribution is 2.18. The molecule has 0 radical (unpaired) electrons. The smallest absolute Gasteiger partial charge is 0.337 e. The first-order valence-corrected chi connectivity index (χ1v) is 6.67. The Bertz CT molecular complexity index is 755. The molecule has 1 amide bonds. The number of ether oxygens (including phenoxy) is 1. The van der Waals surface area contributed by atoms with Gasteiger partial charge in [-0.05, 0) is 30.3 Å². The van der Waals surface area contributed by atoms with Crippen LogP contribution in [0.5, 0.6) is 0 Å². The number of nitrogens with one attached hydrogen (secondary N) is 1. The number of esters is 1. The number of methoxy groups -OCH3 is 1. The molecular weight excluding hydrogens is 278 g/mol. The van der Waals surface area contributed by atoms with Gasteiger partial charge in [0.25, 0.3) is 0 Å². The van der Waals surface area contributed by atoms with Crippen molar-refractivity contribution >= 4 is 17.6 Å². The molecule has 0 aromatic heterocycles. The molecule has 0 saturated carbocycles. The largest absolute Gasteiger partial charge is 0.465 e. The zero-order valence-electron chi connectivity index (χ0n) is 12.3. The number of amides is 1. The van der Waals surface area contributed by atoms with Gasteiger partial charge >= 0.3 is 5.97 Å². The Labute approximate surface area is 129 Å². The summed E-state index contributed by atoms with van der Waals surface area (Å²) in [6.45, 7) is 1.40. The van der Waals surface area contributed by atoms with E-state index >= 15 is 0 Å². The lowest BCUT2D eigenvalue weighted by atomic mass is 10.1. The molecule has 0 aliphatic rings. The summed E-state index contributed by atoms with van der Waals surface area (Å²) in [6, 6.07) is 14.4. The fraction of sp³-hybridized carbons (Fsp3) is 0.111. The Balaban J connectivity index is 2.40. The second-order valence-corrected chi connectivity index (χ2v) is 4.55. The van der Waals surface area contributed by atoms with Crippen LogP contribution < -0.4 is 5.32 Å². The van der Waals surface area contributed by atoms with E-state index < -0.39 is 5.97 Å². The highest BCUT2D eigenvalue weighted by molar-refractivity contribution is 5.95. The van der Waals surface area contributed by atoms with Crippen molar-refractivity contribution in [1.82, 2.24) is 0 Å². The molecule has 0 heterocycles. The van der Waals surface area contributed by atoms with Crippen LogP contribution in [0.25, 0.3) is 0 Å². The topological polar surface area (TPSA) is 55.4 Å². The molecule has 1 N–H and O–H groups in total. The molecule has 2 rings (SSSR count). The number of hydrogen-bond donors (Lipinski definition) is 1. The minimum absolute atomic E-state index is 0.232. The molecule has 0 fully saturated rings. The predicted octanol–water partition coefficient (Wildman–Crippen LogP) is 2.83. The van der Waals surface area contributed by atoms with Gasteiger partial charge in [0.1, 0.15) is 0 Å². The molecule has 0 unspecified atom stereocenters. The van der Waals surface area contributed by atoms with E-state index in [0.29, 0.717) is 16.8 Å². The van der Waals surface area contributed by atoms with Gasteiger partial charge in [-0.1, -0.05) is 30.0 Å². The minimum Gasteiger partial charge on any atom is -0.465 e. The molecule has 0 atom stereocenters. The second kappa shape index (κ2) is 7.09. The van der Waals surface area contributed by atoms with Crippen LogP contribution in [0, 0.1) is 11.8 Å². The van der Waals surface area contributed by atoms with Gasteiger partial charge in [-0.15, -0.1) is 0 Å². The third-order valence-corrected chi connectivity index (χ3v) is 2.87. The molecule has 22 heavy (non-hydrogen) atoms. The first kappa shape index (κ1) is 15.3. The average molecular weight is 293 g/mol. The quantitative estimate of drug-likeness (QED) is 0.684. The first-order chi connectivity index (χ1) is 10.6. The fourth-order valence-electron chi connectivity index (χ4n) is 1.85. The van der Waals surface area contributed by atoms with Crippen LogP contribution in [0.4, 0.5) is 5.69 Å². The predicted molar refractivity (Wildman–Crippen MR) is 84.5 cm³/mol. The van der Waals surface area contributed by atoms with Crippen molar-refractivity contribution in [3.63, 3.8) is 0 Å². The van der Waals surface area contributed by atoms with E-state index in [0.717, 1.165) is 5.56 Å². The van der Waals surface area contributed by atoms with Gasteiger partial charge in [-0.3, -0.25) is 4.79 Å². The molecule has 0 bridgehead atoms. The van der Waals surface area contributed by atoms with E-state index in [-0.39, 0.29) is 5.91 Å². The molecule has 0 spiro atoms. The highest BCUT2D eigenvalue weighted by Gasteiger charge is 2.09. The van der Waals surface area contributed by atoms with Crippen LogP contribution in [-0.4, -0.2) is 19.0 Å². The maximum atomic E-state index is 11.6. The van der Waals surface area contributed by atoms with Gasteiger partial charge in [0.15, 0.2) is 0 Å². The lowest BCUT2D eigenvalue weighted by Crippen LogP contribution is -2.09. The van der Waals surface area contributed by atoms with E-state index in [2.05, 4.69) is 21.9 Å². The molecule has 0 aliphatic heterocycles. The summed E-state index contributed by atoms with van der Waals surface area (Å²) >= 11 is 0. The first-order valence-electron chi connectivity index (χ1n) is 6.67. The molecule has 0 aliphatic carbocycles. The second-order valence-electron chi connectivity index (χ2n) is 4.55. The van der Waals surface area contributed by atoms with E-state index in [9.17, 15) is 9.59 Å². The van der Waals surface area contributed by atoms with E-state index in [1.807, 2.05) is 30.3 Å². The Morgan fingerprint density at radius 2 is 1.77 bits per heavy atom. The molecule has 4 nitrogen and oxygen atoms in total. The van der Waals surface area contributed by atoms with E-state index in [1.54, 1.807) is 18.2 Å². The zero-order chi connectivity index (χ0) is 15.9. The van der Waals surface area contributed by atoms with E-state index in [1.165, 1.54) is 14.0 Å². The van der Waals surface area contributed by atoms with Crippen molar-refractivity contribution in [3.8, 4) is 11.8 Å². The summed E-state index contributed by atoms with van der Waals surface area (Å²) in [5.41, 5.74) is 2.34. The standard InChI is InChI=1S/C18H15NO3/c1-13(20)19-17-12-16(18(21)22-2)11-10-15(17)9-8-14-6-4-3-5-7-14/h3-7,10-12H,1-2H3,(H,19,20). The third-order valence-electron chi connectivity index (χ3n) is 2.87. The van der Waals surface area contributed by atoms with Gasteiger partial charge in [0, 0.05) is 18.1 Å². The lowest BCUT2D eigenvalue weighted by Gasteiger charge is -2.07. The number of carbonyl (C=O) groups excluding carboxylic acids is 2. The monoisotopic (exact) mass is 293 g/mol. The Morgan fingerprint density at radius 1 is 1.05 bits per heavy atom. The van der Waals surface area contributed by atoms with Crippen molar-refractivity contribution in [2.24, 2.45) is 0 Å². The highest BCUT2D eigenvalue weighted by atomic mass is 16.5. The number of rotatable bonds is 2. The van der Waals surface area contributed by atoms with Crippen LogP contribution in [0.15, 0.2) is 48.5 Å². The van der Waals surface area contributed by atoms with Crippen LogP contribution >= 0.6 is 0 Å². The zero-order valence-corrected chi connectivity index (χ0v) is 12.3. The maximum absolute atomic E-state index is 11.6. The summed E-state index contributed by atoms with van der Waals surface area (Å²) in [7, 11) is 1.31. The molecule has 2 aromatic carbocycles. The fourth-order valence-corrected chi connectivity index (χ4v) is 1.85. The van der Waals surface area contributed by atoms with Crippen molar-refractivity contribution < 1.29 is 14.3 Å². The Hall–Kier alpha value is -3.06. The summed E-state index contributed by atoms with van der Waals surface area (Å²) in [5, 5.41) is 2.68. The Kier molecular flexibility index (Phi) is 4.94. The van der Waals surface area contributed by atoms with Crippen LogP contribution in [0.1, 0.15) is 28.4 Å². The summed E-state index contributed by atoms with van der Waals surface area (Å²) < 4.78 is 4.68. The maximum Gasteiger partial charge on any atom is 0.337 e. The van der Waals surface area contributed by atoms with Crippen molar-refractivity contribution in [2.75, 3.05) is 12.4 Å². The Morgan fingerprint density at radius 3 is 2.41 bits per heavy atom. The molecular formula is C18H15NO3. The van der Waals surface area contributed by atoms with Gasteiger partial charge in [0.05, 0.1) is 18.4 Å². The summed E-state index contributed by atoms with van der Waals surface area (Å²) in [6.07, 6.45) is 0. The normalized spacial score (nSPS) is 9.36. The lowest BCUT2D eigenvalue weighted by molar-refractivity contribution is -0.114. The summed E-state index contributed by atoms with van der Waals surface area (Å²) in [4.78, 5) is 22.9. The van der Waals surface area contributed by atoms with Gasteiger partial charge < -0.3 is 10.1 Å². The van der Waals surface area contributed by atoms with E-state index in [4.69, 9.17) is 0 Å². The van der Waals surface area contributed by atoms with Gasteiger partial charge in [-0.2, -0.15) is 0 Å². The van der Waals surface area contributed by atoms with Crippen molar-refractivity contribution in [3.05, 3.63) is 65.2 Å². The molecule has 110 valence electrons. The number of benzene rings is 2. The molecule has 2 aromatic rings. The molecule has 0 saturated heterocycles. The minimum atomic E-state index is -0.464. The number of hydrogen-bond acceptors (Lipinski definition) is 3. The SMILES string of the molecule is COC(=O)c1ccc(C#Cc2ccccc2)c(NC(C)=O)c1. The van der Waals surface area contributed by atoms with Crippen molar-refractivity contribution in [1.29, 1.82) is 0 Å². The number of carbonyl (C=O) groups is 2. The third kappa shape index (κ3) is 3.97. The van der Waals surface area contributed by atoms with Crippen LogP contribution in [0.3, 0.4) is 0 Å². The van der Waals surface area contributed by atoms with Gasteiger partial charge in [-0.25, -0.2) is 4.79 Å². The average Bonchev–Trinajstić information content (AvgIpc) is 2.53. The number of anilines is 1. The van der Waals surface area contributed by atoms with Crippen molar-refractivity contribution in [2.45, 2.75) is 6.92 Å². The molecule has 4 heteroatoms. The summed E-state index contributed by atoms with van der Waals surface area (Å²) in [5.74, 6) is 5.33. The van der Waals surface area contributed by atoms with Gasteiger partial charge in [0.2, 0.25) is 5.91 Å².